The zero-order valence-corrected chi connectivity index (χ0v) is 15.8. The number of nitrogens with one attached hydrogen (secondary N) is 2. The van der Waals surface area contributed by atoms with Crippen molar-refractivity contribution in [3.8, 4) is 0 Å². The highest BCUT2D eigenvalue weighted by Gasteiger charge is 2.28. The van der Waals surface area contributed by atoms with Gasteiger partial charge in [0.2, 0.25) is 5.91 Å². The molecule has 3 aromatic rings. The topological polar surface area (TPSA) is 44.9 Å². The smallest absolute Gasteiger partial charge is 0.220 e. The molecule has 1 heterocycles. The number of hydrogen-bond donors (Lipinski definition) is 2. The van der Waals surface area contributed by atoms with Crippen molar-refractivity contribution >= 4 is 16.8 Å². The van der Waals surface area contributed by atoms with Crippen LogP contribution >= 0.6 is 0 Å². The first-order valence-electron chi connectivity index (χ1n) is 10.2. The Kier molecular flexibility index (Phi) is 5.57. The van der Waals surface area contributed by atoms with Crippen molar-refractivity contribution in [1.82, 2.24) is 10.3 Å². The monoisotopic (exact) mass is 360 g/mol. The van der Waals surface area contributed by atoms with E-state index in [1.807, 2.05) is 18.2 Å². The molecule has 1 aliphatic rings. The molecule has 0 spiro atoms. The van der Waals surface area contributed by atoms with Gasteiger partial charge in [0, 0.05) is 30.1 Å². The van der Waals surface area contributed by atoms with Gasteiger partial charge in [-0.1, -0.05) is 67.8 Å². The normalized spacial score (nSPS) is 16.3. The molecule has 4 rings (SSSR count). The Morgan fingerprint density at radius 2 is 1.74 bits per heavy atom. The second-order valence-electron chi connectivity index (χ2n) is 7.76. The summed E-state index contributed by atoms with van der Waals surface area (Å²) < 4.78 is 0. The Balaban J connectivity index is 1.52. The minimum atomic E-state index is 0.153. The van der Waals surface area contributed by atoms with E-state index in [0.717, 1.165) is 11.1 Å². The van der Waals surface area contributed by atoms with E-state index in [9.17, 15) is 4.79 Å². The van der Waals surface area contributed by atoms with Gasteiger partial charge in [0.25, 0.3) is 0 Å². The van der Waals surface area contributed by atoms with Crippen molar-refractivity contribution in [2.75, 3.05) is 0 Å². The van der Waals surface area contributed by atoms with E-state index < -0.39 is 0 Å². The van der Waals surface area contributed by atoms with Gasteiger partial charge in [-0.25, -0.2) is 0 Å². The summed E-state index contributed by atoms with van der Waals surface area (Å²) in [5.74, 6) is 1.04. The Morgan fingerprint density at radius 3 is 2.56 bits per heavy atom. The molecule has 1 unspecified atom stereocenters. The van der Waals surface area contributed by atoms with E-state index in [0.29, 0.717) is 18.9 Å². The third kappa shape index (κ3) is 4.24. The summed E-state index contributed by atoms with van der Waals surface area (Å²) in [7, 11) is 0. The second kappa shape index (κ2) is 8.43. The lowest BCUT2D eigenvalue weighted by Crippen LogP contribution is -2.27. The van der Waals surface area contributed by atoms with Crippen molar-refractivity contribution < 1.29 is 4.79 Å². The first kappa shape index (κ1) is 17.8. The zero-order valence-electron chi connectivity index (χ0n) is 15.8. The summed E-state index contributed by atoms with van der Waals surface area (Å²) in [4.78, 5) is 16.2. The van der Waals surface area contributed by atoms with Gasteiger partial charge in [0.05, 0.1) is 0 Å². The Hall–Kier alpha value is -2.55. The van der Waals surface area contributed by atoms with Crippen molar-refractivity contribution in [3.63, 3.8) is 0 Å². The van der Waals surface area contributed by atoms with Gasteiger partial charge in [0.1, 0.15) is 0 Å². The summed E-state index contributed by atoms with van der Waals surface area (Å²) in [5, 5.41) is 4.40. The van der Waals surface area contributed by atoms with Crippen LogP contribution in [0.2, 0.25) is 0 Å². The summed E-state index contributed by atoms with van der Waals surface area (Å²) >= 11 is 0. The number of H-pyrrole nitrogens is 1. The van der Waals surface area contributed by atoms with Crippen LogP contribution in [-0.4, -0.2) is 10.9 Å². The Bertz CT molecular complexity index is 878. The highest BCUT2D eigenvalue weighted by atomic mass is 16.1. The van der Waals surface area contributed by atoms with Gasteiger partial charge in [0.15, 0.2) is 0 Å². The van der Waals surface area contributed by atoms with Crippen LogP contribution in [0.25, 0.3) is 10.9 Å². The molecule has 1 amide bonds. The SMILES string of the molecule is O=C(CC(c1c[nH]c2ccccc12)C1CCCCC1)NCc1ccccc1. The number of aromatic nitrogens is 1. The molecule has 0 radical (unpaired) electrons. The van der Waals surface area contributed by atoms with E-state index in [4.69, 9.17) is 0 Å². The molecule has 27 heavy (non-hydrogen) atoms. The van der Waals surface area contributed by atoms with Gasteiger partial charge in [-0.15, -0.1) is 0 Å². The van der Waals surface area contributed by atoms with E-state index in [2.05, 4.69) is 52.9 Å². The summed E-state index contributed by atoms with van der Waals surface area (Å²) in [6, 6.07) is 18.6. The number of amides is 1. The Morgan fingerprint density at radius 1 is 1.00 bits per heavy atom. The van der Waals surface area contributed by atoms with Crippen LogP contribution in [0, 0.1) is 5.92 Å². The number of para-hydroxylation sites is 1. The number of benzene rings is 2. The molecule has 2 aromatic carbocycles. The fourth-order valence-corrected chi connectivity index (χ4v) is 4.54. The van der Waals surface area contributed by atoms with Crippen LogP contribution in [0.5, 0.6) is 0 Å². The van der Waals surface area contributed by atoms with E-state index >= 15 is 0 Å². The minimum Gasteiger partial charge on any atom is -0.361 e. The highest BCUT2D eigenvalue weighted by molar-refractivity contribution is 5.85. The lowest BCUT2D eigenvalue weighted by Gasteiger charge is -2.30. The maximum absolute atomic E-state index is 12.8. The molecular weight excluding hydrogens is 332 g/mol. The molecule has 1 aromatic heterocycles. The maximum Gasteiger partial charge on any atom is 0.220 e. The fourth-order valence-electron chi connectivity index (χ4n) is 4.54. The number of rotatable bonds is 6. The number of carbonyl (C=O) groups excluding carboxylic acids is 1. The third-order valence-corrected chi connectivity index (χ3v) is 5.98. The van der Waals surface area contributed by atoms with Gasteiger partial charge in [-0.2, -0.15) is 0 Å². The van der Waals surface area contributed by atoms with Crippen LogP contribution in [0.15, 0.2) is 60.8 Å². The molecule has 1 atom stereocenters. The van der Waals surface area contributed by atoms with E-state index in [-0.39, 0.29) is 11.8 Å². The van der Waals surface area contributed by atoms with Crippen LogP contribution in [0.4, 0.5) is 0 Å². The molecule has 140 valence electrons. The minimum absolute atomic E-state index is 0.153. The van der Waals surface area contributed by atoms with Crippen LogP contribution in [0.3, 0.4) is 0 Å². The second-order valence-corrected chi connectivity index (χ2v) is 7.76. The quantitative estimate of drug-likeness (QED) is 0.596. The summed E-state index contributed by atoms with van der Waals surface area (Å²) in [5.41, 5.74) is 3.62. The number of carbonyl (C=O) groups is 1. The Labute approximate surface area is 161 Å². The molecule has 1 aliphatic carbocycles. The third-order valence-electron chi connectivity index (χ3n) is 5.98. The van der Waals surface area contributed by atoms with Gasteiger partial charge in [-0.05, 0) is 41.9 Å². The molecule has 0 aliphatic heterocycles. The van der Waals surface area contributed by atoms with Crippen molar-refractivity contribution in [1.29, 1.82) is 0 Å². The van der Waals surface area contributed by atoms with E-state index in [1.165, 1.54) is 43.1 Å². The standard InChI is InChI=1S/C24H28N2O/c27-24(26-16-18-9-3-1-4-10-18)15-21(19-11-5-2-6-12-19)22-17-25-23-14-8-7-13-20(22)23/h1,3-4,7-10,13-14,17,19,21,25H,2,5-6,11-12,15-16H2,(H,26,27). The molecule has 3 heteroatoms. The first-order chi connectivity index (χ1) is 13.3. The zero-order chi connectivity index (χ0) is 18.5. The number of fused-ring (bicyclic) bond motifs is 1. The molecule has 2 N–H and O–H groups in total. The summed E-state index contributed by atoms with van der Waals surface area (Å²) in [6.07, 6.45) is 9.07. The molecule has 0 bridgehead atoms. The van der Waals surface area contributed by atoms with Crippen LogP contribution in [-0.2, 0) is 11.3 Å². The fraction of sp³-hybridized carbons (Fsp3) is 0.375. The first-order valence-corrected chi connectivity index (χ1v) is 10.2. The highest BCUT2D eigenvalue weighted by Crippen LogP contribution is 2.40. The van der Waals surface area contributed by atoms with Crippen LogP contribution < -0.4 is 5.32 Å². The number of hydrogen-bond acceptors (Lipinski definition) is 1. The van der Waals surface area contributed by atoms with Gasteiger partial charge < -0.3 is 10.3 Å². The average Bonchev–Trinajstić information content (AvgIpc) is 3.16. The lowest BCUT2D eigenvalue weighted by atomic mass is 9.75. The van der Waals surface area contributed by atoms with E-state index in [1.54, 1.807) is 0 Å². The largest absolute Gasteiger partial charge is 0.361 e. The predicted molar refractivity (Wildman–Crippen MR) is 111 cm³/mol. The molecule has 1 saturated carbocycles. The predicted octanol–water partition coefficient (Wildman–Crippen LogP) is 5.54. The number of aromatic amines is 1. The molecule has 1 fully saturated rings. The molecule has 0 saturated heterocycles. The van der Waals surface area contributed by atoms with Gasteiger partial charge >= 0.3 is 0 Å². The van der Waals surface area contributed by atoms with Crippen LogP contribution in [0.1, 0.15) is 55.6 Å². The average molecular weight is 361 g/mol. The van der Waals surface area contributed by atoms with Crippen molar-refractivity contribution in [3.05, 3.63) is 71.9 Å². The molecule has 3 nitrogen and oxygen atoms in total. The maximum atomic E-state index is 12.8. The molecular formula is C24H28N2O. The lowest BCUT2D eigenvalue weighted by molar-refractivity contribution is -0.122. The van der Waals surface area contributed by atoms with Gasteiger partial charge in [-0.3, -0.25) is 4.79 Å². The summed E-state index contributed by atoms with van der Waals surface area (Å²) in [6.45, 7) is 0.602. The van der Waals surface area contributed by atoms with Crippen molar-refractivity contribution in [2.24, 2.45) is 5.92 Å². The van der Waals surface area contributed by atoms with Crippen molar-refractivity contribution in [2.45, 2.75) is 51.0 Å².